The van der Waals surface area contributed by atoms with Crippen molar-refractivity contribution >= 4 is 10.9 Å². The SMILES string of the molecule is CCCCCCCCn1cc(CN2CCCCCC2)c2ccc(OC)cc21. The van der Waals surface area contributed by atoms with Gasteiger partial charge in [-0.2, -0.15) is 0 Å². The minimum Gasteiger partial charge on any atom is -0.497 e. The van der Waals surface area contributed by atoms with E-state index in [9.17, 15) is 0 Å². The predicted octanol–water partition coefficient (Wildman–Crippen LogP) is 6.39. The molecular formula is C24H38N2O. The number of rotatable bonds is 10. The van der Waals surface area contributed by atoms with Crippen LogP contribution in [0.3, 0.4) is 0 Å². The Morgan fingerprint density at radius 3 is 2.41 bits per heavy atom. The first-order valence-corrected chi connectivity index (χ1v) is 11.2. The molecule has 0 spiro atoms. The second-order valence-corrected chi connectivity index (χ2v) is 8.19. The molecule has 1 aliphatic heterocycles. The maximum atomic E-state index is 5.50. The minimum atomic E-state index is 0.964. The Kier molecular flexibility index (Phi) is 8.07. The first-order chi connectivity index (χ1) is 13.3. The summed E-state index contributed by atoms with van der Waals surface area (Å²) in [4.78, 5) is 2.65. The normalized spacial score (nSPS) is 15.9. The smallest absolute Gasteiger partial charge is 0.120 e. The summed E-state index contributed by atoms with van der Waals surface area (Å²) in [6, 6.07) is 6.60. The molecule has 1 aromatic carbocycles. The average Bonchev–Trinajstić information content (AvgIpc) is 2.85. The van der Waals surface area contributed by atoms with Crippen molar-refractivity contribution in [3.63, 3.8) is 0 Å². The lowest BCUT2D eigenvalue weighted by molar-refractivity contribution is 0.277. The Bertz CT molecular complexity index is 683. The Labute approximate surface area is 165 Å². The Hall–Kier alpha value is -1.48. The van der Waals surface area contributed by atoms with Gasteiger partial charge in [0.15, 0.2) is 0 Å². The lowest BCUT2D eigenvalue weighted by Crippen LogP contribution is -2.23. The monoisotopic (exact) mass is 370 g/mol. The van der Waals surface area contributed by atoms with Crippen molar-refractivity contribution in [3.05, 3.63) is 30.0 Å². The van der Waals surface area contributed by atoms with Crippen LogP contribution in [-0.4, -0.2) is 29.7 Å². The molecule has 1 fully saturated rings. The van der Waals surface area contributed by atoms with Crippen LogP contribution < -0.4 is 4.74 Å². The van der Waals surface area contributed by atoms with E-state index in [0.717, 1.165) is 18.8 Å². The maximum Gasteiger partial charge on any atom is 0.120 e. The largest absolute Gasteiger partial charge is 0.497 e. The van der Waals surface area contributed by atoms with Gasteiger partial charge in [-0.1, -0.05) is 51.9 Å². The van der Waals surface area contributed by atoms with Crippen LogP contribution in [0.5, 0.6) is 5.75 Å². The van der Waals surface area contributed by atoms with Gasteiger partial charge in [0.1, 0.15) is 5.75 Å². The van der Waals surface area contributed by atoms with Gasteiger partial charge in [0, 0.05) is 30.7 Å². The van der Waals surface area contributed by atoms with Gasteiger partial charge in [0.2, 0.25) is 0 Å². The van der Waals surface area contributed by atoms with Crippen molar-refractivity contribution in [2.45, 2.75) is 84.2 Å². The van der Waals surface area contributed by atoms with E-state index in [4.69, 9.17) is 4.74 Å². The third-order valence-corrected chi connectivity index (χ3v) is 6.02. The fourth-order valence-corrected chi connectivity index (χ4v) is 4.38. The van der Waals surface area contributed by atoms with Crippen LogP contribution in [0.25, 0.3) is 10.9 Å². The zero-order valence-electron chi connectivity index (χ0n) is 17.5. The quantitative estimate of drug-likeness (QED) is 0.451. The highest BCUT2D eigenvalue weighted by atomic mass is 16.5. The number of unbranched alkanes of at least 4 members (excludes halogenated alkanes) is 5. The molecular weight excluding hydrogens is 332 g/mol. The van der Waals surface area contributed by atoms with E-state index < -0.39 is 0 Å². The van der Waals surface area contributed by atoms with E-state index >= 15 is 0 Å². The fraction of sp³-hybridized carbons (Fsp3) is 0.667. The van der Waals surface area contributed by atoms with Gasteiger partial charge in [0.25, 0.3) is 0 Å². The number of likely N-dealkylation sites (tertiary alicyclic amines) is 1. The summed E-state index contributed by atoms with van der Waals surface area (Å²) in [5.74, 6) is 0.964. The molecule has 150 valence electrons. The minimum absolute atomic E-state index is 0.964. The molecule has 27 heavy (non-hydrogen) atoms. The van der Waals surface area contributed by atoms with E-state index in [-0.39, 0.29) is 0 Å². The number of benzene rings is 1. The fourth-order valence-electron chi connectivity index (χ4n) is 4.38. The van der Waals surface area contributed by atoms with Gasteiger partial charge in [-0.05, 0) is 50.0 Å². The summed E-state index contributed by atoms with van der Waals surface area (Å²) >= 11 is 0. The van der Waals surface area contributed by atoms with Crippen LogP contribution in [0.2, 0.25) is 0 Å². The molecule has 0 amide bonds. The molecule has 0 saturated carbocycles. The zero-order valence-corrected chi connectivity index (χ0v) is 17.5. The number of hydrogen-bond acceptors (Lipinski definition) is 2. The van der Waals surface area contributed by atoms with Crippen molar-refractivity contribution in [3.8, 4) is 5.75 Å². The van der Waals surface area contributed by atoms with Crippen LogP contribution in [0.1, 0.15) is 76.7 Å². The third kappa shape index (κ3) is 5.75. The first kappa shape index (κ1) is 20.3. The van der Waals surface area contributed by atoms with E-state index in [1.165, 1.54) is 93.8 Å². The summed E-state index contributed by atoms with van der Waals surface area (Å²) in [7, 11) is 1.76. The molecule has 1 aromatic heterocycles. The second-order valence-electron chi connectivity index (χ2n) is 8.19. The van der Waals surface area contributed by atoms with Crippen LogP contribution in [0.4, 0.5) is 0 Å². The van der Waals surface area contributed by atoms with Gasteiger partial charge in [-0.3, -0.25) is 4.90 Å². The molecule has 2 heterocycles. The summed E-state index contributed by atoms with van der Waals surface area (Å²) in [6.45, 7) is 6.99. The van der Waals surface area contributed by atoms with Gasteiger partial charge in [-0.25, -0.2) is 0 Å². The standard InChI is InChI=1S/C24H38N2O/c1-3-4-5-6-7-12-17-26-20-21(19-25-15-10-8-9-11-16-25)23-14-13-22(27-2)18-24(23)26/h13-14,18,20H,3-12,15-17,19H2,1-2H3. The Morgan fingerprint density at radius 1 is 0.926 bits per heavy atom. The van der Waals surface area contributed by atoms with Gasteiger partial charge in [-0.15, -0.1) is 0 Å². The summed E-state index contributed by atoms with van der Waals surface area (Å²) in [5, 5.41) is 1.41. The second kappa shape index (κ2) is 10.8. The summed E-state index contributed by atoms with van der Waals surface area (Å²) in [6.07, 6.45) is 16.0. The molecule has 0 aliphatic carbocycles. The summed E-state index contributed by atoms with van der Waals surface area (Å²) < 4.78 is 7.98. The predicted molar refractivity (Wildman–Crippen MR) is 116 cm³/mol. The molecule has 0 radical (unpaired) electrons. The van der Waals surface area contributed by atoms with Crippen molar-refractivity contribution < 1.29 is 4.74 Å². The van der Waals surface area contributed by atoms with Gasteiger partial charge in [0.05, 0.1) is 12.6 Å². The van der Waals surface area contributed by atoms with Crippen molar-refractivity contribution in [1.29, 1.82) is 0 Å². The first-order valence-electron chi connectivity index (χ1n) is 11.2. The number of ether oxygens (including phenoxy) is 1. The topological polar surface area (TPSA) is 17.4 Å². The highest BCUT2D eigenvalue weighted by Crippen LogP contribution is 2.28. The molecule has 3 rings (SSSR count). The van der Waals surface area contributed by atoms with Crippen LogP contribution >= 0.6 is 0 Å². The van der Waals surface area contributed by atoms with Crippen LogP contribution in [0, 0.1) is 0 Å². The van der Waals surface area contributed by atoms with E-state index in [1.54, 1.807) is 7.11 Å². The van der Waals surface area contributed by atoms with Gasteiger partial charge >= 0.3 is 0 Å². The van der Waals surface area contributed by atoms with E-state index in [0.29, 0.717) is 0 Å². The molecule has 3 nitrogen and oxygen atoms in total. The van der Waals surface area contributed by atoms with E-state index in [1.807, 2.05) is 0 Å². The number of aromatic nitrogens is 1. The number of methoxy groups -OCH3 is 1. The maximum absolute atomic E-state index is 5.50. The lowest BCUT2D eigenvalue weighted by Gasteiger charge is -2.19. The van der Waals surface area contributed by atoms with Crippen molar-refractivity contribution in [2.24, 2.45) is 0 Å². The molecule has 0 unspecified atom stereocenters. The lowest BCUT2D eigenvalue weighted by atomic mass is 10.1. The molecule has 0 N–H and O–H groups in total. The molecule has 1 aliphatic rings. The Balaban J connectivity index is 1.71. The Morgan fingerprint density at radius 2 is 1.67 bits per heavy atom. The van der Waals surface area contributed by atoms with Crippen LogP contribution in [-0.2, 0) is 13.1 Å². The zero-order chi connectivity index (χ0) is 18.9. The molecule has 0 bridgehead atoms. The molecule has 0 atom stereocenters. The number of hydrogen-bond donors (Lipinski definition) is 0. The molecule has 3 heteroatoms. The number of nitrogens with zero attached hydrogens (tertiary/aromatic N) is 2. The van der Waals surface area contributed by atoms with Crippen LogP contribution in [0.15, 0.2) is 24.4 Å². The average molecular weight is 371 g/mol. The highest BCUT2D eigenvalue weighted by Gasteiger charge is 2.14. The number of fused-ring (bicyclic) bond motifs is 1. The third-order valence-electron chi connectivity index (χ3n) is 6.02. The molecule has 1 saturated heterocycles. The van der Waals surface area contributed by atoms with E-state index in [2.05, 4.69) is 40.8 Å². The highest BCUT2D eigenvalue weighted by molar-refractivity contribution is 5.85. The molecule has 2 aromatic rings. The van der Waals surface area contributed by atoms with Crippen molar-refractivity contribution in [1.82, 2.24) is 9.47 Å². The van der Waals surface area contributed by atoms with Gasteiger partial charge < -0.3 is 9.30 Å². The van der Waals surface area contributed by atoms with Crippen molar-refractivity contribution in [2.75, 3.05) is 20.2 Å². The number of aryl methyl sites for hydroxylation is 1. The summed E-state index contributed by atoms with van der Waals surface area (Å²) in [5.41, 5.74) is 2.83.